The van der Waals surface area contributed by atoms with Crippen LogP contribution in [-0.2, 0) is 16.0 Å². The minimum Gasteiger partial charge on any atom is -0.443 e. The lowest BCUT2D eigenvalue weighted by atomic mass is 9.96. The summed E-state index contributed by atoms with van der Waals surface area (Å²) in [7, 11) is 1.80. The van der Waals surface area contributed by atoms with Crippen LogP contribution in [0.25, 0.3) is 0 Å². The van der Waals surface area contributed by atoms with E-state index in [2.05, 4.69) is 34.7 Å². The number of hydrogen-bond donors (Lipinski definition) is 2. The van der Waals surface area contributed by atoms with Crippen molar-refractivity contribution in [3.63, 3.8) is 0 Å². The second-order valence-corrected chi connectivity index (χ2v) is 9.99. The van der Waals surface area contributed by atoms with Gasteiger partial charge in [-0.1, -0.05) is 12.1 Å². The number of anilines is 1. The Morgan fingerprint density at radius 1 is 1.26 bits per heavy atom. The average Bonchev–Trinajstić information content (AvgIpc) is 3.30. The minimum absolute atomic E-state index is 0.240. The van der Waals surface area contributed by atoms with Crippen LogP contribution in [0.2, 0.25) is 0 Å². The van der Waals surface area contributed by atoms with E-state index in [1.165, 1.54) is 6.42 Å². The molecule has 7 heteroatoms. The van der Waals surface area contributed by atoms with Crippen molar-refractivity contribution >= 4 is 17.7 Å². The fraction of sp³-hybridized carbons (Fsp3) is 0.667. The zero-order chi connectivity index (χ0) is 22.2. The molecule has 1 amide bonds. The van der Waals surface area contributed by atoms with Gasteiger partial charge in [-0.3, -0.25) is 9.89 Å². The molecule has 0 radical (unpaired) electrons. The number of nitrogens with one attached hydrogen (secondary N) is 2. The summed E-state index contributed by atoms with van der Waals surface area (Å²) in [6.07, 6.45) is 5.88. The van der Waals surface area contributed by atoms with Crippen LogP contribution in [0.4, 0.5) is 10.5 Å². The molecule has 0 aromatic heterocycles. The number of fused-ring (bicyclic) bond motifs is 2. The predicted octanol–water partition coefficient (Wildman–Crippen LogP) is 3.88. The Morgan fingerprint density at radius 3 is 2.58 bits per heavy atom. The second-order valence-electron chi connectivity index (χ2n) is 9.99. The number of guanidine groups is 1. The lowest BCUT2D eigenvalue weighted by molar-refractivity contribution is 0.0577. The number of carbonyl (C=O) groups excluding carboxylic acids is 1. The molecular formula is C24H36N4O3. The summed E-state index contributed by atoms with van der Waals surface area (Å²) in [5, 5.41) is 6.93. The summed E-state index contributed by atoms with van der Waals surface area (Å²) in [6, 6.07) is 6.83. The van der Waals surface area contributed by atoms with E-state index >= 15 is 0 Å². The van der Waals surface area contributed by atoms with E-state index in [1.807, 2.05) is 31.7 Å². The highest BCUT2D eigenvalue weighted by Gasteiger charge is 2.41. The molecule has 2 N–H and O–H groups in total. The number of benzene rings is 1. The van der Waals surface area contributed by atoms with Crippen molar-refractivity contribution in [2.75, 3.05) is 11.9 Å². The molecule has 4 rings (SSSR count). The van der Waals surface area contributed by atoms with Crippen LogP contribution < -0.4 is 15.5 Å². The largest absolute Gasteiger partial charge is 0.443 e. The summed E-state index contributed by atoms with van der Waals surface area (Å²) < 4.78 is 11.6. The third-order valence-electron chi connectivity index (χ3n) is 6.13. The zero-order valence-electron chi connectivity index (χ0n) is 19.4. The molecule has 2 aliphatic heterocycles. The first kappa shape index (κ1) is 21.9. The van der Waals surface area contributed by atoms with Gasteiger partial charge in [-0.05, 0) is 77.0 Å². The van der Waals surface area contributed by atoms with Gasteiger partial charge in [-0.2, -0.15) is 0 Å². The zero-order valence-corrected chi connectivity index (χ0v) is 19.4. The molecule has 2 saturated heterocycles. The van der Waals surface area contributed by atoms with Crippen molar-refractivity contribution in [3.05, 3.63) is 29.3 Å². The van der Waals surface area contributed by atoms with Crippen molar-refractivity contribution in [1.29, 1.82) is 0 Å². The van der Waals surface area contributed by atoms with E-state index in [4.69, 9.17) is 9.47 Å². The molecule has 2 heterocycles. The SMILES string of the molecule is CN=C(NCc1ccc(N(C(=O)OC(C)(C)C)C2CC2)c(C)c1)NC1CC2CCC1O2. The van der Waals surface area contributed by atoms with Gasteiger partial charge in [0.15, 0.2) is 5.96 Å². The maximum Gasteiger partial charge on any atom is 0.415 e. The van der Waals surface area contributed by atoms with Gasteiger partial charge in [0.05, 0.1) is 23.9 Å². The molecule has 3 fully saturated rings. The monoisotopic (exact) mass is 428 g/mol. The van der Waals surface area contributed by atoms with Crippen LogP contribution in [0.3, 0.4) is 0 Å². The Labute approximate surface area is 185 Å². The van der Waals surface area contributed by atoms with E-state index in [1.54, 1.807) is 7.05 Å². The van der Waals surface area contributed by atoms with Crippen LogP contribution in [0.15, 0.2) is 23.2 Å². The maximum atomic E-state index is 12.8. The predicted molar refractivity (Wildman–Crippen MR) is 123 cm³/mol. The quantitative estimate of drug-likeness (QED) is 0.550. The first-order valence-corrected chi connectivity index (χ1v) is 11.5. The van der Waals surface area contributed by atoms with Gasteiger partial charge in [-0.15, -0.1) is 0 Å². The van der Waals surface area contributed by atoms with Crippen molar-refractivity contribution in [2.45, 2.75) is 96.2 Å². The van der Waals surface area contributed by atoms with Gasteiger partial charge < -0.3 is 20.1 Å². The fourth-order valence-corrected chi connectivity index (χ4v) is 4.53. The van der Waals surface area contributed by atoms with Crippen LogP contribution in [0, 0.1) is 6.92 Å². The summed E-state index contributed by atoms with van der Waals surface area (Å²) in [5.74, 6) is 0.802. The Morgan fingerprint density at radius 2 is 2.03 bits per heavy atom. The molecule has 3 atom stereocenters. The highest BCUT2D eigenvalue weighted by Crippen LogP contribution is 2.36. The normalized spacial score (nSPS) is 25.5. The minimum atomic E-state index is -0.505. The molecule has 1 aliphatic carbocycles. The van der Waals surface area contributed by atoms with Crippen LogP contribution in [0.1, 0.15) is 64.0 Å². The van der Waals surface area contributed by atoms with Crippen molar-refractivity contribution in [1.82, 2.24) is 10.6 Å². The maximum absolute atomic E-state index is 12.8. The van der Waals surface area contributed by atoms with Crippen molar-refractivity contribution < 1.29 is 14.3 Å². The van der Waals surface area contributed by atoms with Gasteiger partial charge in [-0.25, -0.2) is 4.79 Å². The molecule has 170 valence electrons. The molecule has 2 bridgehead atoms. The van der Waals surface area contributed by atoms with Crippen molar-refractivity contribution in [2.24, 2.45) is 4.99 Å². The smallest absolute Gasteiger partial charge is 0.415 e. The number of amides is 1. The lowest BCUT2D eigenvalue weighted by Crippen LogP contribution is -2.47. The van der Waals surface area contributed by atoms with Crippen molar-refractivity contribution in [3.8, 4) is 0 Å². The Kier molecular flexibility index (Phi) is 6.15. The summed E-state index contributed by atoms with van der Waals surface area (Å²) >= 11 is 0. The number of rotatable bonds is 5. The van der Waals surface area contributed by atoms with Gasteiger partial charge >= 0.3 is 6.09 Å². The van der Waals surface area contributed by atoms with Gasteiger partial charge in [0, 0.05) is 19.6 Å². The van der Waals surface area contributed by atoms with Gasteiger partial charge in [0.1, 0.15) is 5.60 Å². The number of aryl methyl sites for hydroxylation is 1. The van der Waals surface area contributed by atoms with Crippen LogP contribution in [0.5, 0.6) is 0 Å². The Bertz CT molecular complexity index is 844. The number of aliphatic imine (C=N–C) groups is 1. The van der Waals surface area contributed by atoms with E-state index in [0.717, 1.165) is 48.5 Å². The van der Waals surface area contributed by atoms with E-state index in [-0.39, 0.29) is 12.1 Å². The second kappa shape index (κ2) is 8.69. The topological polar surface area (TPSA) is 75.2 Å². The molecule has 3 aliphatic rings. The first-order valence-electron chi connectivity index (χ1n) is 11.5. The average molecular weight is 429 g/mol. The van der Waals surface area contributed by atoms with Gasteiger partial charge in [0.25, 0.3) is 0 Å². The molecule has 3 unspecified atom stereocenters. The lowest BCUT2D eigenvalue weighted by Gasteiger charge is -2.28. The molecule has 1 saturated carbocycles. The third-order valence-corrected chi connectivity index (χ3v) is 6.13. The number of carbonyl (C=O) groups is 1. The summed E-state index contributed by atoms with van der Waals surface area (Å²) in [4.78, 5) is 19.0. The third kappa shape index (κ3) is 5.32. The molecule has 1 aromatic rings. The first-order chi connectivity index (χ1) is 14.7. The number of ether oxygens (including phenoxy) is 2. The van der Waals surface area contributed by atoms with Crippen LogP contribution in [-0.4, -0.2) is 49.0 Å². The van der Waals surface area contributed by atoms with Crippen LogP contribution >= 0.6 is 0 Å². The highest BCUT2D eigenvalue weighted by molar-refractivity contribution is 5.90. The highest BCUT2D eigenvalue weighted by atomic mass is 16.6. The van der Waals surface area contributed by atoms with Gasteiger partial charge in [0.2, 0.25) is 0 Å². The Hall–Kier alpha value is -2.28. The molecule has 0 spiro atoms. The summed E-state index contributed by atoms with van der Waals surface area (Å²) in [5.41, 5.74) is 2.64. The Balaban J connectivity index is 1.38. The molecule has 7 nitrogen and oxygen atoms in total. The standard InChI is InChI=1S/C24H36N4O3/c1-15-12-16(14-26-22(25-5)27-19-13-18-9-11-21(19)30-18)6-10-20(15)28(17-7-8-17)23(29)31-24(2,3)4/h6,10,12,17-19,21H,7-9,11,13-14H2,1-5H3,(H2,25,26,27). The molecule has 31 heavy (non-hydrogen) atoms. The number of nitrogens with zero attached hydrogens (tertiary/aromatic N) is 2. The van der Waals surface area contributed by atoms with E-state index < -0.39 is 5.60 Å². The number of hydrogen-bond acceptors (Lipinski definition) is 4. The van der Waals surface area contributed by atoms with E-state index in [9.17, 15) is 4.79 Å². The summed E-state index contributed by atoms with van der Waals surface area (Å²) in [6.45, 7) is 8.43. The molecule has 1 aromatic carbocycles. The molecular weight excluding hydrogens is 392 g/mol. The fourth-order valence-electron chi connectivity index (χ4n) is 4.53. The van der Waals surface area contributed by atoms with E-state index in [0.29, 0.717) is 24.8 Å².